The normalized spacial score (nSPS) is 28.6. The molecule has 6 heteroatoms. The van der Waals surface area contributed by atoms with E-state index >= 15 is 0 Å². The van der Waals surface area contributed by atoms with Gasteiger partial charge in [0, 0.05) is 0 Å². The summed E-state index contributed by atoms with van der Waals surface area (Å²) in [7, 11) is 0. The largest absolute Gasteiger partial charge is 0.341 e. The molecule has 2 unspecified atom stereocenters. The summed E-state index contributed by atoms with van der Waals surface area (Å²) in [4.78, 5) is 25.5. The minimum absolute atomic E-state index is 0.314. The van der Waals surface area contributed by atoms with Gasteiger partial charge in [-0.15, -0.1) is 0 Å². The lowest BCUT2D eigenvalue weighted by Crippen LogP contribution is -2.50. The van der Waals surface area contributed by atoms with Crippen molar-refractivity contribution in [3.05, 3.63) is 71.8 Å². The fourth-order valence-corrected chi connectivity index (χ4v) is 3.53. The highest BCUT2D eigenvalue weighted by Gasteiger charge is 2.62. The fourth-order valence-electron chi connectivity index (χ4n) is 3.53. The molecular formula is C18H18N4O2. The van der Waals surface area contributed by atoms with E-state index in [0.29, 0.717) is 0 Å². The molecule has 2 aromatic carbocycles. The number of rotatable bonds is 2. The first kappa shape index (κ1) is 14.6. The topological polar surface area (TPSA) is 64.7 Å². The molecule has 2 heterocycles. The molecule has 4 rings (SSSR count). The van der Waals surface area contributed by atoms with Gasteiger partial charge in [0.2, 0.25) is 0 Å². The Labute approximate surface area is 140 Å². The molecule has 2 atom stereocenters. The monoisotopic (exact) mass is 322 g/mol. The molecule has 0 radical (unpaired) electrons. The highest BCUT2D eigenvalue weighted by atomic mass is 16.2. The molecule has 2 aliphatic heterocycles. The average molecular weight is 322 g/mol. The van der Waals surface area contributed by atoms with E-state index in [1.54, 1.807) is 0 Å². The Bertz CT molecular complexity index is 741. The van der Waals surface area contributed by atoms with E-state index < -0.39 is 11.3 Å². The quantitative estimate of drug-likeness (QED) is 0.893. The molecule has 2 saturated heterocycles. The molecule has 0 saturated carbocycles. The molecule has 0 aromatic heterocycles. The van der Waals surface area contributed by atoms with Gasteiger partial charge in [-0.3, -0.25) is 0 Å². The van der Waals surface area contributed by atoms with Crippen molar-refractivity contribution < 1.29 is 9.59 Å². The third-order valence-electron chi connectivity index (χ3n) is 4.80. The highest BCUT2D eigenvalue weighted by molar-refractivity contribution is 5.89. The predicted octanol–water partition coefficient (Wildman–Crippen LogP) is 2.70. The molecule has 0 aliphatic carbocycles. The van der Waals surface area contributed by atoms with Gasteiger partial charge in [-0.1, -0.05) is 60.7 Å². The molecule has 0 spiro atoms. The van der Waals surface area contributed by atoms with Gasteiger partial charge in [-0.05, 0) is 25.0 Å². The first-order chi connectivity index (χ1) is 11.5. The Morgan fingerprint density at radius 2 is 1.00 bits per heavy atom. The third-order valence-corrected chi connectivity index (χ3v) is 4.80. The zero-order chi connectivity index (χ0) is 16.9. The average Bonchev–Trinajstić information content (AvgIpc) is 3.04. The number of hydrogen-bond acceptors (Lipinski definition) is 2. The molecule has 4 amide bonds. The fraction of sp³-hybridized carbons (Fsp3) is 0.222. The molecule has 2 aromatic rings. The van der Waals surface area contributed by atoms with E-state index in [0.717, 1.165) is 11.1 Å². The lowest BCUT2D eigenvalue weighted by molar-refractivity contribution is -0.0123. The molecule has 122 valence electrons. The van der Waals surface area contributed by atoms with Crippen molar-refractivity contribution in [2.45, 2.75) is 25.2 Å². The number of urea groups is 2. The van der Waals surface area contributed by atoms with Crippen LogP contribution in [-0.4, -0.2) is 22.1 Å². The van der Waals surface area contributed by atoms with Crippen molar-refractivity contribution in [1.29, 1.82) is 0 Å². The van der Waals surface area contributed by atoms with Crippen LogP contribution in [0.5, 0.6) is 0 Å². The van der Waals surface area contributed by atoms with E-state index in [2.05, 4.69) is 10.6 Å². The molecule has 2 N–H and O–H groups in total. The van der Waals surface area contributed by atoms with Gasteiger partial charge in [0.1, 0.15) is 0 Å². The number of nitrogens with one attached hydrogen (secondary N) is 2. The van der Waals surface area contributed by atoms with E-state index in [1.165, 1.54) is 10.0 Å². The van der Waals surface area contributed by atoms with Crippen LogP contribution in [0.3, 0.4) is 0 Å². The van der Waals surface area contributed by atoms with Crippen LogP contribution >= 0.6 is 0 Å². The summed E-state index contributed by atoms with van der Waals surface area (Å²) < 4.78 is 0. The Morgan fingerprint density at radius 1 is 0.667 bits per heavy atom. The van der Waals surface area contributed by atoms with Crippen LogP contribution in [0.1, 0.15) is 25.0 Å². The number of hydrazine groups is 1. The summed E-state index contributed by atoms with van der Waals surface area (Å²) in [5, 5.41) is 8.85. The second-order valence-corrected chi connectivity index (χ2v) is 6.36. The molecule has 2 fully saturated rings. The van der Waals surface area contributed by atoms with Crippen LogP contribution in [0.4, 0.5) is 9.59 Å². The zero-order valence-electron chi connectivity index (χ0n) is 13.5. The van der Waals surface area contributed by atoms with E-state index in [1.807, 2.05) is 74.5 Å². The molecule has 24 heavy (non-hydrogen) atoms. The highest BCUT2D eigenvalue weighted by Crippen LogP contribution is 2.42. The number of fused-ring (bicyclic) bond motifs is 1. The van der Waals surface area contributed by atoms with Gasteiger partial charge in [-0.25, -0.2) is 9.59 Å². The van der Waals surface area contributed by atoms with Crippen molar-refractivity contribution in [2.75, 3.05) is 0 Å². The number of carbonyl (C=O) groups is 2. The first-order valence-corrected chi connectivity index (χ1v) is 7.82. The third kappa shape index (κ3) is 1.76. The lowest BCUT2D eigenvalue weighted by atomic mass is 10.0. The SMILES string of the molecule is CC1(c2ccccc2)NC(=O)N2N1C(=O)NC2(C)c1ccccc1. The van der Waals surface area contributed by atoms with Gasteiger partial charge < -0.3 is 10.6 Å². The Balaban J connectivity index is 1.83. The Hall–Kier alpha value is -3.02. The van der Waals surface area contributed by atoms with Crippen LogP contribution in [0.25, 0.3) is 0 Å². The van der Waals surface area contributed by atoms with Crippen molar-refractivity contribution >= 4 is 12.1 Å². The van der Waals surface area contributed by atoms with Crippen molar-refractivity contribution in [3.8, 4) is 0 Å². The maximum absolute atomic E-state index is 12.8. The van der Waals surface area contributed by atoms with Crippen LogP contribution in [0, 0.1) is 0 Å². The van der Waals surface area contributed by atoms with Gasteiger partial charge in [0.15, 0.2) is 11.3 Å². The van der Waals surface area contributed by atoms with Crippen LogP contribution in [0.15, 0.2) is 60.7 Å². The molecular weight excluding hydrogens is 304 g/mol. The van der Waals surface area contributed by atoms with Gasteiger partial charge in [0.05, 0.1) is 0 Å². The number of carbonyl (C=O) groups excluding carboxylic acids is 2. The summed E-state index contributed by atoms with van der Waals surface area (Å²) >= 11 is 0. The molecule has 6 nitrogen and oxygen atoms in total. The summed E-state index contributed by atoms with van der Waals surface area (Å²) in [6, 6.07) is 18.3. The molecule has 0 bridgehead atoms. The standard InChI is InChI=1S/C18H18N4O2/c1-17(13-9-5-3-6-10-13)19-15(23)22-18(2,20-16(24)21(17)22)14-11-7-4-8-12-14/h3-12H,1-2H3,(H,19,23)(H,20,24). The van der Waals surface area contributed by atoms with E-state index in [9.17, 15) is 9.59 Å². The number of hydrogen-bond donors (Lipinski definition) is 2. The minimum atomic E-state index is -0.936. The smallest absolute Gasteiger partial charge is 0.308 e. The summed E-state index contributed by atoms with van der Waals surface area (Å²) in [6.07, 6.45) is 0. The second-order valence-electron chi connectivity index (χ2n) is 6.36. The van der Waals surface area contributed by atoms with Gasteiger partial charge in [0.25, 0.3) is 0 Å². The lowest BCUT2D eigenvalue weighted by Gasteiger charge is -2.35. The number of benzene rings is 2. The van der Waals surface area contributed by atoms with Crippen LogP contribution in [0.2, 0.25) is 0 Å². The Kier molecular flexibility index (Phi) is 2.87. The second kappa shape index (κ2) is 4.74. The predicted molar refractivity (Wildman–Crippen MR) is 88.3 cm³/mol. The van der Waals surface area contributed by atoms with Gasteiger partial charge >= 0.3 is 12.1 Å². The van der Waals surface area contributed by atoms with E-state index in [4.69, 9.17) is 0 Å². The number of amides is 4. The van der Waals surface area contributed by atoms with Crippen molar-refractivity contribution in [1.82, 2.24) is 20.7 Å². The Morgan fingerprint density at radius 3 is 1.33 bits per heavy atom. The summed E-state index contributed by atoms with van der Waals surface area (Å²) in [5.41, 5.74) is -0.189. The maximum Gasteiger partial charge on any atom is 0.341 e. The van der Waals surface area contributed by atoms with Crippen LogP contribution < -0.4 is 10.6 Å². The maximum atomic E-state index is 12.8. The van der Waals surface area contributed by atoms with E-state index in [-0.39, 0.29) is 12.1 Å². The van der Waals surface area contributed by atoms with Crippen LogP contribution in [-0.2, 0) is 11.3 Å². The zero-order valence-corrected chi connectivity index (χ0v) is 13.5. The van der Waals surface area contributed by atoms with Crippen molar-refractivity contribution in [2.24, 2.45) is 0 Å². The summed E-state index contributed by atoms with van der Waals surface area (Å²) in [5.74, 6) is 0. The minimum Gasteiger partial charge on any atom is -0.308 e. The van der Waals surface area contributed by atoms with Crippen molar-refractivity contribution in [3.63, 3.8) is 0 Å². The summed E-state index contributed by atoms with van der Waals surface area (Å²) in [6.45, 7) is 3.66. The molecule has 2 aliphatic rings. The first-order valence-electron chi connectivity index (χ1n) is 7.82. The number of nitrogens with zero attached hydrogens (tertiary/aromatic N) is 2. The van der Waals surface area contributed by atoms with Gasteiger partial charge in [-0.2, -0.15) is 10.0 Å².